The summed E-state index contributed by atoms with van der Waals surface area (Å²) in [6.45, 7) is 0. The quantitative estimate of drug-likeness (QED) is 0.734. The number of hydrogen-bond donors (Lipinski definition) is 3. The van der Waals surface area contributed by atoms with Crippen LogP contribution in [0.15, 0.2) is 6.07 Å². The zero-order valence-electron chi connectivity index (χ0n) is 9.88. The molecule has 0 aliphatic heterocycles. The number of H-pyrrole nitrogens is 1. The molecule has 2 unspecified atom stereocenters. The van der Waals surface area contributed by atoms with Crippen LogP contribution in [-0.4, -0.2) is 28.1 Å². The van der Waals surface area contributed by atoms with Crippen molar-refractivity contribution >= 4 is 29.1 Å². The van der Waals surface area contributed by atoms with E-state index in [0.29, 0.717) is 10.7 Å². The van der Waals surface area contributed by atoms with Crippen molar-refractivity contribution in [1.82, 2.24) is 10.3 Å². The molecular formula is C12H16Cl2N2O2. The largest absolute Gasteiger partial charge is 0.391 e. The Balaban J connectivity index is 2.01. The van der Waals surface area contributed by atoms with Gasteiger partial charge in [0, 0.05) is 0 Å². The van der Waals surface area contributed by atoms with Crippen LogP contribution in [0.3, 0.4) is 0 Å². The lowest BCUT2D eigenvalue weighted by Crippen LogP contribution is -2.42. The minimum Gasteiger partial charge on any atom is -0.391 e. The lowest BCUT2D eigenvalue weighted by molar-refractivity contribution is 0.0815. The molecule has 100 valence electrons. The van der Waals surface area contributed by atoms with Gasteiger partial charge in [0.15, 0.2) is 0 Å². The van der Waals surface area contributed by atoms with E-state index in [9.17, 15) is 9.90 Å². The number of nitrogens with one attached hydrogen (secondary N) is 2. The van der Waals surface area contributed by atoms with Crippen LogP contribution in [0.1, 0.15) is 42.6 Å². The van der Waals surface area contributed by atoms with Crippen molar-refractivity contribution in [1.29, 1.82) is 0 Å². The van der Waals surface area contributed by atoms with Gasteiger partial charge >= 0.3 is 0 Å². The van der Waals surface area contributed by atoms with Crippen molar-refractivity contribution in [2.75, 3.05) is 0 Å². The third-order valence-corrected chi connectivity index (χ3v) is 3.96. The number of aromatic nitrogens is 1. The van der Waals surface area contributed by atoms with Crippen LogP contribution < -0.4 is 5.32 Å². The maximum absolute atomic E-state index is 12.0. The number of halogens is 2. The Hall–Kier alpha value is -0.710. The van der Waals surface area contributed by atoms with Crippen molar-refractivity contribution < 1.29 is 9.90 Å². The Morgan fingerprint density at radius 3 is 2.72 bits per heavy atom. The van der Waals surface area contributed by atoms with E-state index in [2.05, 4.69) is 10.3 Å². The van der Waals surface area contributed by atoms with E-state index >= 15 is 0 Å². The third-order valence-electron chi connectivity index (χ3n) is 3.27. The molecule has 0 spiro atoms. The molecule has 1 fully saturated rings. The third kappa shape index (κ3) is 3.19. The standard InChI is InChI=1S/C12H16Cl2N2O2/c13-7-6-9(15-11(7)14)12(18)16-8-4-2-1-3-5-10(8)17/h6,8,10,15,17H,1-5H2,(H,16,18). The molecule has 1 heterocycles. The summed E-state index contributed by atoms with van der Waals surface area (Å²) in [5.41, 5.74) is 0.321. The topological polar surface area (TPSA) is 65.1 Å². The molecule has 4 nitrogen and oxygen atoms in total. The predicted octanol–water partition coefficient (Wildman–Crippen LogP) is 2.74. The number of aromatic amines is 1. The minimum absolute atomic E-state index is 0.194. The predicted molar refractivity (Wildman–Crippen MR) is 71.2 cm³/mol. The summed E-state index contributed by atoms with van der Waals surface area (Å²) in [5, 5.41) is 13.3. The van der Waals surface area contributed by atoms with Crippen molar-refractivity contribution in [3.63, 3.8) is 0 Å². The molecule has 6 heteroatoms. The van der Waals surface area contributed by atoms with Gasteiger partial charge in [0.25, 0.3) is 5.91 Å². The lowest BCUT2D eigenvalue weighted by Gasteiger charge is -2.21. The molecule has 1 aliphatic rings. The Morgan fingerprint density at radius 1 is 1.33 bits per heavy atom. The smallest absolute Gasteiger partial charge is 0.268 e. The number of carbonyl (C=O) groups excluding carboxylic acids is 1. The second kappa shape index (κ2) is 5.95. The molecule has 3 N–H and O–H groups in total. The van der Waals surface area contributed by atoms with Gasteiger partial charge < -0.3 is 15.4 Å². The van der Waals surface area contributed by atoms with Crippen molar-refractivity contribution in [2.24, 2.45) is 0 Å². The highest BCUT2D eigenvalue weighted by atomic mass is 35.5. The summed E-state index contributed by atoms with van der Waals surface area (Å²) in [4.78, 5) is 14.7. The average molecular weight is 291 g/mol. The van der Waals surface area contributed by atoms with Gasteiger partial charge in [0.1, 0.15) is 10.8 Å². The molecule has 1 aromatic heterocycles. The van der Waals surface area contributed by atoms with Gasteiger partial charge in [-0.1, -0.05) is 42.5 Å². The zero-order chi connectivity index (χ0) is 13.1. The van der Waals surface area contributed by atoms with Crippen LogP contribution in [0.2, 0.25) is 10.2 Å². The number of amides is 1. The molecule has 0 bridgehead atoms. The van der Waals surface area contributed by atoms with E-state index in [1.54, 1.807) is 0 Å². The van der Waals surface area contributed by atoms with Crippen molar-refractivity contribution in [3.05, 3.63) is 21.9 Å². The Bertz CT molecular complexity index is 414. The fourth-order valence-corrected chi connectivity index (χ4v) is 2.54. The number of rotatable bonds is 2. The van der Waals surface area contributed by atoms with E-state index in [1.807, 2.05) is 0 Å². The maximum Gasteiger partial charge on any atom is 0.268 e. The Kier molecular flexibility index (Phi) is 4.54. The van der Waals surface area contributed by atoms with E-state index in [-0.39, 0.29) is 17.1 Å². The summed E-state index contributed by atoms with van der Waals surface area (Å²) in [7, 11) is 0. The summed E-state index contributed by atoms with van der Waals surface area (Å²) >= 11 is 11.5. The first-order chi connectivity index (χ1) is 8.58. The molecule has 0 radical (unpaired) electrons. The molecule has 1 aromatic rings. The molecular weight excluding hydrogens is 275 g/mol. The van der Waals surface area contributed by atoms with Crippen molar-refractivity contribution in [2.45, 2.75) is 44.2 Å². The maximum atomic E-state index is 12.0. The lowest BCUT2D eigenvalue weighted by atomic mass is 10.1. The van der Waals surface area contributed by atoms with Crippen LogP contribution in [0.4, 0.5) is 0 Å². The van der Waals surface area contributed by atoms with Crippen molar-refractivity contribution in [3.8, 4) is 0 Å². The molecule has 1 aliphatic carbocycles. The summed E-state index contributed by atoms with van der Waals surface area (Å²) in [6, 6.07) is 1.29. The highest BCUT2D eigenvalue weighted by molar-refractivity contribution is 6.41. The molecule has 1 amide bonds. The summed E-state index contributed by atoms with van der Waals surface area (Å²) < 4.78 is 0. The molecule has 0 saturated heterocycles. The van der Waals surface area contributed by atoms with E-state index in [1.165, 1.54) is 6.07 Å². The molecule has 18 heavy (non-hydrogen) atoms. The van der Waals surface area contributed by atoms with E-state index in [4.69, 9.17) is 23.2 Å². The number of hydrogen-bond acceptors (Lipinski definition) is 2. The normalized spacial score (nSPS) is 24.6. The van der Waals surface area contributed by atoms with Crippen LogP contribution in [0.25, 0.3) is 0 Å². The van der Waals surface area contributed by atoms with Crippen LogP contribution in [0.5, 0.6) is 0 Å². The first-order valence-electron chi connectivity index (χ1n) is 6.11. The Labute approximate surface area is 116 Å². The Morgan fingerprint density at radius 2 is 2.06 bits per heavy atom. The van der Waals surface area contributed by atoms with Crippen LogP contribution in [-0.2, 0) is 0 Å². The average Bonchev–Trinajstić information content (AvgIpc) is 2.54. The number of aliphatic hydroxyl groups is 1. The van der Waals surface area contributed by atoms with E-state index in [0.717, 1.165) is 32.1 Å². The van der Waals surface area contributed by atoms with Gasteiger partial charge in [0.2, 0.25) is 0 Å². The van der Waals surface area contributed by atoms with Crippen LogP contribution in [0, 0.1) is 0 Å². The van der Waals surface area contributed by atoms with Crippen LogP contribution >= 0.6 is 23.2 Å². The van der Waals surface area contributed by atoms with Gasteiger partial charge in [0.05, 0.1) is 17.2 Å². The summed E-state index contributed by atoms with van der Waals surface area (Å²) in [5.74, 6) is -0.283. The van der Waals surface area contributed by atoms with Gasteiger partial charge in [-0.2, -0.15) is 0 Å². The fraction of sp³-hybridized carbons (Fsp3) is 0.583. The van der Waals surface area contributed by atoms with Gasteiger partial charge in [-0.15, -0.1) is 0 Å². The van der Waals surface area contributed by atoms with E-state index < -0.39 is 6.10 Å². The summed E-state index contributed by atoms with van der Waals surface area (Å²) in [6.07, 6.45) is 4.19. The van der Waals surface area contributed by atoms with Gasteiger partial charge in [-0.25, -0.2) is 0 Å². The van der Waals surface area contributed by atoms with Gasteiger partial charge in [-0.3, -0.25) is 4.79 Å². The monoisotopic (exact) mass is 290 g/mol. The minimum atomic E-state index is -0.475. The zero-order valence-corrected chi connectivity index (χ0v) is 11.4. The molecule has 0 aromatic carbocycles. The first-order valence-corrected chi connectivity index (χ1v) is 6.86. The second-order valence-corrected chi connectivity index (χ2v) is 5.42. The highest BCUT2D eigenvalue weighted by Gasteiger charge is 2.24. The first kappa shape index (κ1) is 13.7. The van der Waals surface area contributed by atoms with Gasteiger partial charge in [-0.05, 0) is 18.9 Å². The molecule has 1 saturated carbocycles. The molecule has 2 atom stereocenters. The fourth-order valence-electron chi connectivity index (χ4n) is 2.23. The number of aliphatic hydroxyl groups excluding tert-OH is 1. The second-order valence-electron chi connectivity index (χ2n) is 4.63. The molecule has 2 rings (SSSR count). The highest BCUT2D eigenvalue weighted by Crippen LogP contribution is 2.22. The number of carbonyl (C=O) groups is 1. The SMILES string of the molecule is O=C(NC1CCCCCC1O)c1cc(Cl)c(Cl)[nH]1.